The van der Waals surface area contributed by atoms with Crippen LogP contribution in [0.15, 0.2) is 48.5 Å². The van der Waals surface area contributed by atoms with Gasteiger partial charge in [0.05, 0.1) is 23.9 Å². The van der Waals surface area contributed by atoms with Gasteiger partial charge in [-0.3, -0.25) is 14.6 Å². The molecular weight excluding hydrogens is 366 g/mol. The van der Waals surface area contributed by atoms with Gasteiger partial charge in [0.2, 0.25) is 0 Å². The highest BCUT2D eigenvalue weighted by Crippen LogP contribution is 2.23. The van der Waals surface area contributed by atoms with Crippen molar-refractivity contribution >= 4 is 28.4 Å². The van der Waals surface area contributed by atoms with Gasteiger partial charge in [0.1, 0.15) is 5.75 Å². The molecule has 0 aliphatic carbocycles. The molecule has 3 aromatic rings. The van der Waals surface area contributed by atoms with Gasteiger partial charge in [0.25, 0.3) is 11.8 Å². The van der Waals surface area contributed by atoms with Crippen molar-refractivity contribution in [3.05, 3.63) is 65.4 Å². The van der Waals surface area contributed by atoms with Gasteiger partial charge in [-0.15, -0.1) is 0 Å². The van der Waals surface area contributed by atoms with E-state index < -0.39 is 0 Å². The van der Waals surface area contributed by atoms with E-state index in [4.69, 9.17) is 4.74 Å². The second kappa shape index (κ2) is 7.91. The Kier molecular flexibility index (Phi) is 5.16. The van der Waals surface area contributed by atoms with Crippen LogP contribution in [-0.4, -0.2) is 41.9 Å². The Morgan fingerprint density at radius 3 is 2.45 bits per heavy atom. The maximum atomic E-state index is 12.8. The fourth-order valence-corrected chi connectivity index (χ4v) is 3.60. The molecule has 29 heavy (non-hydrogen) atoms. The number of anilines is 1. The third-order valence-corrected chi connectivity index (χ3v) is 5.24. The molecule has 0 atom stereocenters. The number of pyridine rings is 1. The van der Waals surface area contributed by atoms with Gasteiger partial charge < -0.3 is 15.0 Å². The number of benzene rings is 2. The van der Waals surface area contributed by atoms with Crippen molar-refractivity contribution in [1.82, 2.24) is 9.88 Å². The number of likely N-dealkylation sites (tertiary alicyclic amines) is 1. The summed E-state index contributed by atoms with van der Waals surface area (Å²) in [5.74, 6) is 0.543. The zero-order valence-corrected chi connectivity index (χ0v) is 16.6. The summed E-state index contributed by atoms with van der Waals surface area (Å²) in [5, 5.41) is 3.76. The molecular formula is C23H23N3O3. The number of fused-ring (bicyclic) bond motifs is 1. The lowest BCUT2D eigenvalue weighted by atomic mass is 10.1. The van der Waals surface area contributed by atoms with Crippen molar-refractivity contribution in [1.29, 1.82) is 0 Å². The molecule has 1 aliphatic heterocycles. The van der Waals surface area contributed by atoms with Crippen LogP contribution in [0.5, 0.6) is 5.75 Å². The van der Waals surface area contributed by atoms with Gasteiger partial charge in [-0.25, -0.2) is 0 Å². The average molecular weight is 389 g/mol. The van der Waals surface area contributed by atoms with E-state index in [-0.39, 0.29) is 11.8 Å². The van der Waals surface area contributed by atoms with Gasteiger partial charge in [-0.05, 0) is 62.2 Å². The minimum absolute atomic E-state index is 0.0466. The number of aryl methyl sites for hydroxylation is 1. The third-order valence-electron chi connectivity index (χ3n) is 5.24. The van der Waals surface area contributed by atoms with Gasteiger partial charge >= 0.3 is 0 Å². The molecule has 1 aliphatic rings. The predicted octanol–water partition coefficient (Wildman–Crippen LogP) is 4.04. The molecule has 2 heterocycles. The van der Waals surface area contributed by atoms with Crippen molar-refractivity contribution in [3.8, 4) is 5.75 Å². The average Bonchev–Trinajstić information content (AvgIpc) is 3.27. The van der Waals surface area contributed by atoms with E-state index in [1.165, 1.54) is 0 Å². The first kappa shape index (κ1) is 18.9. The standard InChI is InChI=1S/C23H23N3O3/c1-15-20(13-17-7-10-19(29-2)14-21(17)24-15)22(27)25-18-8-5-16(6-9-18)23(28)26-11-3-4-12-26/h5-10,13-14H,3-4,11-12H2,1-2H3,(H,25,27). The zero-order valence-electron chi connectivity index (χ0n) is 16.6. The van der Waals surface area contributed by atoms with Crippen molar-refractivity contribution in [2.45, 2.75) is 19.8 Å². The first-order valence-corrected chi connectivity index (χ1v) is 9.71. The molecule has 1 aromatic heterocycles. The lowest BCUT2D eigenvalue weighted by Crippen LogP contribution is -2.27. The number of nitrogens with one attached hydrogen (secondary N) is 1. The number of amides is 2. The number of methoxy groups -OCH3 is 1. The van der Waals surface area contributed by atoms with Crippen LogP contribution in [0.4, 0.5) is 5.69 Å². The first-order chi connectivity index (χ1) is 14.0. The molecule has 6 heteroatoms. The van der Waals surface area contributed by atoms with Gasteiger partial charge in [-0.2, -0.15) is 0 Å². The second-order valence-electron chi connectivity index (χ2n) is 7.21. The molecule has 4 rings (SSSR count). The van der Waals surface area contributed by atoms with E-state index in [0.717, 1.165) is 42.6 Å². The molecule has 1 fully saturated rings. The highest BCUT2D eigenvalue weighted by molar-refractivity contribution is 6.07. The smallest absolute Gasteiger partial charge is 0.257 e. The van der Waals surface area contributed by atoms with Crippen molar-refractivity contribution in [2.24, 2.45) is 0 Å². The fraction of sp³-hybridized carbons (Fsp3) is 0.261. The summed E-state index contributed by atoms with van der Waals surface area (Å²) in [6, 6.07) is 14.4. The second-order valence-corrected chi connectivity index (χ2v) is 7.21. The Labute approximate surface area is 169 Å². The normalized spacial score (nSPS) is 13.5. The number of carbonyl (C=O) groups is 2. The van der Waals surface area contributed by atoms with Crippen LogP contribution >= 0.6 is 0 Å². The van der Waals surface area contributed by atoms with E-state index in [2.05, 4.69) is 10.3 Å². The van der Waals surface area contributed by atoms with Crippen LogP contribution in [0, 0.1) is 6.92 Å². The van der Waals surface area contributed by atoms with Crippen LogP contribution in [0.1, 0.15) is 39.3 Å². The molecule has 0 radical (unpaired) electrons. The first-order valence-electron chi connectivity index (χ1n) is 9.71. The Hall–Kier alpha value is -3.41. The molecule has 1 saturated heterocycles. The molecule has 0 spiro atoms. The summed E-state index contributed by atoms with van der Waals surface area (Å²) < 4.78 is 5.23. The van der Waals surface area contributed by atoms with E-state index in [0.29, 0.717) is 22.5 Å². The fourth-order valence-electron chi connectivity index (χ4n) is 3.60. The summed E-state index contributed by atoms with van der Waals surface area (Å²) in [6.07, 6.45) is 2.12. The number of hydrogen-bond acceptors (Lipinski definition) is 4. The SMILES string of the molecule is COc1ccc2cc(C(=O)Nc3ccc(C(=O)N4CCCC4)cc3)c(C)nc2c1. The van der Waals surface area contributed by atoms with Crippen molar-refractivity contribution in [3.63, 3.8) is 0 Å². The summed E-state index contributed by atoms with van der Waals surface area (Å²) in [6.45, 7) is 3.44. The summed E-state index contributed by atoms with van der Waals surface area (Å²) in [5.41, 5.74) is 3.22. The van der Waals surface area contributed by atoms with E-state index >= 15 is 0 Å². The molecule has 0 unspecified atom stereocenters. The number of hydrogen-bond donors (Lipinski definition) is 1. The molecule has 148 valence electrons. The number of ether oxygens (including phenoxy) is 1. The molecule has 2 aromatic carbocycles. The number of carbonyl (C=O) groups excluding carboxylic acids is 2. The summed E-state index contributed by atoms with van der Waals surface area (Å²) >= 11 is 0. The zero-order chi connectivity index (χ0) is 20.4. The van der Waals surface area contributed by atoms with Crippen LogP contribution in [-0.2, 0) is 0 Å². The molecule has 1 N–H and O–H groups in total. The highest BCUT2D eigenvalue weighted by Gasteiger charge is 2.19. The molecule has 0 saturated carbocycles. The minimum atomic E-state index is -0.230. The Bertz CT molecular complexity index is 1070. The quantitative estimate of drug-likeness (QED) is 0.731. The van der Waals surface area contributed by atoms with Gasteiger partial charge in [0.15, 0.2) is 0 Å². The highest BCUT2D eigenvalue weighted by atomic mass is 16.5. The number of nitrogens with zero attached hydrogens (tertiary/aromatic N) is 2. The minimum Gasteiger partial charge on any atom is -0.497 e. The summed E-state index contributed by atoms with van der Waals surface area (Å²) in [4.78, 5) is 31.6. The van der Waals surface area contributed by atoms with Crippen LogP contribution in [0.3, 0.4) is 0 Å². The van der Waals surface area contributed by atoms with Gasteiger partial charge in [0, 0.05) is 35.8 Å². The third kappa shape index (κ3) is 3.92. The molecule has 0 bridgehead atoms. The van der Waals surface area contributed by atoms with Crippen LogP contribution in [0.25, 0.3) is 10.9 Å². The predicted molar refractivity (Wildman–Crippen MR) is 113 cm³/mol. The van der Waals surface area contributed by atoms with Gasteiger partial charge in [-0.1, -0.05) is 0 Å². The topological polar surface area (TPSA) is 71.5 Å². The Balaban J connectivity index is 1.51. The molecule has 2 amide bonds. The van der Waals surface area contributed by atoms with E-state index in [9.17, 15) is 9.59 Å². The monoisotopic (exact) mass is 389 g/mol. The van der Waals surface area contributed by atoms with Crippen LogP contribution in [0.2, 0.25) is 0 Å². The van der Waals surface area contributed by atoms with Crippen LogP contribution < -0.4 is 10.1 Å². The maximum Gasteiger partial charge on any atom is 0.257 e. The lowest BCUT2D eigenvalue weighted by Gasteiger charge is -2.15. The van der Waals surface area contributed by atoms with E-state index in [1.807, 2.05) is 36.1 Å². The lowest BCUT2D eigenvalue weighted by molar-refractivity contribution is 0.0792. The Morgan fingerprint density at radius 1 is 1.03 bits per heavy atom. The van der Waals surface area contributed by atoms with Crippen molar-refractivity contribution in [2.75, 3.05) is 25.5 Å². The Morgan fingerprint density at radius 2 is 1.76 bits per heavy atom. The summed E-state index contributed by atoms with van der Waals surface area (Å²) in [7, 11) is 1.61. The largest absolute Gasteiger partial charge is 0.497 e. The molecule has 6 nitrogen and oxygen atoms in total. The number of aromatic nitrogens is 1. The van der Waals surface area contributed by atoms with Crippen molar-refractivity contribution < 1.29 is 14.3 Å². The maximum absolute atomic E-state index is 12.8. The number of rotatable bonds is 4. The van der Waals surface area contributed by atoms with E-state index in [1.54, 1.807) is 31.4 Å².